The molecule has 0 saturated heterocycles. The Bertz CT molecular complexity index is 364. The maximum atomic E-state index is 5.17. The average molecular weight is 187 g/mol. The molecule has 2 rings (SSSR count). The number of nitrogens with zero attached hydrogens (tertiary/aromatic N) is 1. The molecule has 0 fully saturated rings. The predicted molar refractivity (Wildman–Crippen MR) is 57.4 cm³/mol. The van der Waals surface area contributed by atoms with E-state index in [9.17, 15) is 0 Å². The lowest BCUT2D eigenvalue weighted by atomic mass is 10.0. The molecule has 0 N–H and O–H groups in total. The first-order chi connectivity index (χ1) is 6.79. The van der Waals surface area contributed by atoms with E-state index >= 15 is 0 Å². The molecule has 1 aromatic rings. The van der Waals surface area contributed by atoms with Crippen LogP contribution in [-0.2, 0) is 4.84 Å². The summed E-state index contributed by atoms with van der Waals surface area (Å²) in [6, 6.07) is 8.31. The van der Waals surface area contributed by atoms with Crippen LogP contribution in [0.1, 0.15) is 17.5 Å². The van der Waals surface area contributed by atoms with Crippen LogP contribution in [0.25, 0.3) is 0 Å². The summed E-state index contributed by atoms with van der Waals surface area (Å²) in [6.45, 7) is 5.76. The zero-order valence-corrected chi connectivity index (χ0v) is 8.23. The molecule has 2 heteroatoms. The van der Waals surface area contributed by atoms with E-state index in [0.29, 0.717) is 0 Å². The fourth-order valence-corrected chi connectivity index (χ4v) is 1.44. The minimum absolute atomic E-state index is 0.0475. The standard InChI is InChI=1S/C12H13NO/c1-3-11-8-12(13-14-11)10-6-4-9(2)5-7-10/h3-7,11H,1,8H2,2H3. The van der Waals surface area contributed by atoms with Crippen molar-refractivity contribution >= 4 is 5.71 Å². The van der Waals surface area contributed by atoms with Gasteiger partial charge in [0.2, 0.25) is 0 Å². The summed E-state index contributed by atoms with van der Waals surface area (Å²) in [7, 11) is 0. The Kier molecular flexibility index (Phi) is 2.35. The smallest absolute Gasteiger partial charge is 0.151 e. The maximum Gasteiger partial charge on any atom is 0.151 e. The molecule has 0 amide bonds. The monoisotopic (exact) mass is 187 g/mol. The van der Waals surface area contributed by atoms with Gasteiger partial charge in [-0.25, -0.2) is 0 Å². The van der Waals surface area contributed by atoms with E-state index in [-0.39, 0.29) is 6.10 Å². The van der Waals surface area contributed by atoms with Crippen LogP contribution in [0.4, 0.5) is 0 Å². The molecule has 0 spiro atoms. The fraction of sp³-hybridized carbons (Fsp3) is 0.250. The van der Waals surface area contributed by atoms with Gasteiger partial charge in [0.15, 0.2) is 6.10 Å². The number of hydrogen-bond acceptors (Lipinski definition) is 2. The van der Waals surface area contributed by atoms with E-state index in [1.807, 2.05) is 0 Å². The number of hydrogen-bond donors (Lipinski definition) is 0. The van der Waals surface area contributed by atoms with Gasteiger partial charge in [0.1, 0.15) is 0 Å². The van der Waals surface area contributed by atoms with Crippen LogP contribution >= 0.6 is 0 Å². The Balaban J connectivity index is 2.17. The molecule has 1 heterocycles. The van der Waals surface area contributed by atoms with Crippen molar-refractivity contribution < 1.29 is 4.84 Å². The molecule has 1 aliphatic rings. The van der Waals surface area contributed by atoms with Gasteiger partial charge in [-0.1, -0.05) is 41.6 Å². The molecule has 0 bridgehead atoms. The summed E-state index contributed by atoms with van der Waals surface area (Å²) >= 11 is 0. The summed E-state index contributed by atoms with van der Waals surface area (Å²) < 4.78 is 0. The first-order valence-corrected chi connectivity index (χ1v) is 4.72. The summed E-state index contributed by atoms with van der Waals surface area (Å²) in [5, 5.41) is 4.03. The third-order valence-corrected chi connectivity index (χ3v) is 2.34. The van der Waals surface area contributed by atoms with Gasteiger partial charge in [-0.2, -0.15) is 0 Å². The van der Waals surface area contributed by atoms with E-state index < -0.39 is 0 Å². The van der Waals surface area contributed by atoms with Gasteiger partial charge in [-0.05, 0) is 18.6 Å². The van der Waals surface area contributed by atoms with E-state index in [1.54, 1.807) is 6.08 Å². The molecule has 72 valence electrons. The Morgan fingerprint density at radius 3 is 2.71 bits per heavy atom. The predicted octanol–water partition coefficient (Wildman–Crippen LogP) is 2.67. The van der Waals surface area contributed by atoms with Crippen molar-refractivity contribution in [1.82, 2.24) is 0 Å². The molecule has 2 nitrogen and oxygen atoms in total. The molecule has 0 saturated carbocycles. The summed E-state index contributed by atoms with van der Waals surface area (Å²) in [4.78, 5) is 5.17. The van der Waals surface area contributed by atoms with Gasteiger partial charge in [-0.3, -0.25) is 0 Å². The molecular weight excluding hydrogens is 174 g/mol. The van der Waals surface area contributed by atoms with Crippen molar-refractivity contribution in [2.24, 2.45) is 5.16 Å². The van der Waals surface area contributed by atoms with E-state index in [2.05, 4.69) is 42.9 Å². The third kappa shape index (κ3) is 1.69. The van der Waals surface area contributed by atoms with Gasteiger partial charge in [0, 0.05) is 6.42 Å². The number of rotatable bonds is 2. The highest BCUT2D eigenvalue weighted by molar-refractivity contribution is 6.01. The van der Waals surface area contributed by atoms with E-state index in [1.165, 1.54) is 5.56 Å². The van der Waals surface area contributed by atoms with Crippen LogP contribution in [0.15, 0.2) is 42.1 Å². The molecule has 14 heavy (non-hydrogen) atoms. The SMILES string of the molecule is C=CC1CC(c2ccc(C)cc2)=NO1. The first-order valence-electron chi connectivity index (χ1n) is 4.72. The van der Waals surface area contributed by atoms with Crippen LogP contribution in [0.2, 0.25) is 0 Å². The third-order valence-electron chi connectivity index (χ3n) is 2.34. The lowest BCUT2D eigenvalue weighted by Crippen LogP contribution is -2.04. The zero-order valence-electron chi connectivity index (χ0n) is 8.23. The van der Waals surface area contributed by atoms with Crippen molar-refractivity contribution in [1.29, 1.82) is 0 Å². The molecule has 1 atom stereocenters. The van der Waals surface area contributed by atoms with Crippen molar-refractivity contribution in [3.63, 3.8) is 0 Å². The van der Waals surface area contributed by atoms with Crippen molar-refractivity contribution in [2.45, 2.75) is 19.4 Å². The number of aryl methyl sites for hydroxylation is 1. The van der Waals surface area contributed by atoms with Crippen LogP contribution in [0.5, 0.6) is 0 Å². The average Bonchev–Trinajstić information content (AvgIpc) is 2.67. The van der Waals surface area contributed by atoms with Crippen molar-refractivity contribution in [3.8, 4) is 0 Å². The van der Waals surface area contributed by atoms with Crippen LogP contribution in [-0.4, -0.2) is 11.8 Å². The second-order valence-corrected chi connectivity index (χ2v) is 3.49. The molecule has 1 unspecified atom stereocenters. The first kappa shape index (κ1) is 9.00. The van der Waals surface area contributed by atoms with Gasteiger partial charge in [0.25, 0.3) is 0 Å². The number of benzene rings is 1. The normalized spacial score (nSPS) is 20.1. The highest BCUT2D eigenvalue weighted by Crippen LogP contribution is 2.17. The highest BCUT2D eigenvalue weighted by Gasteiger charge is 2.18. The molecule has 1 aromatic carbocycles. The molecule has 0 radical (unpaired) electrons. The quantitative estimate of drug-likeness (QED) is 0.652. The summed E-state index contributed by atoms with van der Waals surface area (Å²) in [6.07, 6.45) is 2.66. The van der Waals surface area contributed by atoms with Gasteiger partial charge in [0.05, 0.1) is 5.71 Å². The summed E-state index contributed by atoms with van der Waals surface area (Å²) in [5.41, 5.74) is 3.41. The van der Waals surface area contributed by atoms with Gasteiger partial charge in [-0.15, -0.1) is 0 Å². The van der Waals surface area contributed by atoms with Crippen LogP contribution < -0.4 is 0 Å². The summed E-state index contributed by atoms with van der Waals surface area (Å²) in [5.74, 6) is 0. The van der Waals surface area contributed by atoms with Crippen molar-refractivity contribution in [2.75, 3.05) is 0 Å². The van der Waals surface area contributed by atoms with Crippen LogP contribution in [0, 0.1) is 6.92 Å². The lowest BCUT2D eigenvalue weighted by molar-refractivity contribution is 0.120. The van der Waals surface area contributed by atoms with E-state index in [4.69, 9.17) is 4.84 Å². The Hall–Kier alpha value is -1.57. The molecule has 0 aliphatic carbocycles. The lowest BCUT2D eigenvalue weighted by Gasteiger charge is -2.00. The van der Waals surface area contributed by atoms with E-state index in [0.717, 1.165) is 17.7 Å². The minimum atomic E-state index is 0.0475. The Morgan fingerprint density at radius 2 is 2.14 bits per heavy atom. The maximum absolute atomic E-state index is 5.17. The second kappa shape index (κ2) is 3.66. The largest absolute Gasteiger partial charge is 0.388 e. The topological polar surface area (TPSA) is 21.6 Å². The number of oxime groups is 1. The minimum Gasteiger partial charge on any atom is -0.388 e. The fourth-order valence-electron chi connectivity index (χ4n) is 1.44. The van der Waals surface area contributed by atoms with Crippen LogP contribution in [0.3, 0.4) is 0 Å². The molecular formula is C12H13NO. The zero-order chi connectivity index (χ0) is 9.97. The highest BCUT2D eigenvalue weighted by atomic mass is 16.6. The van der Waals surface area contributed by atoms with Gasteiger partial charge < -0.3 is 4.84 Å². The molecule has 0 aromatic heterocycles. The second-order valence-electron chi connectivity index (χ2n) is 3.49. The Labute approximate surface area is 83.9 Å². The van der Waals surface area contributed by atoms with Gasteiger partial charge >= 0.3 is 0 Å². The Morgan fingerprint density at radius 1 is 1.43 bits per heavy atom. The van der Waals surface area contributed by atoms with Crippen molar-refractivity contribution in [3.05, 3.63) is 48.0 Å². The molecule has 1 aliphatic heterocycles.